The standard InChI is InChI=1S/C12H14N4O/c1-2-5-15-12(17)10(7-13)6-9-3-4-11(14)16-8-9/h3-4,6,8H,2,5H2,1H3,(H2,14,16)(H,15,17). The zero-order valence-corrected chi connectivity index (χ0v) is 9.60. The number of pyridine rings is 1. The Hall–Kier alpha value is -2.35. The van der Waals surface area contributed by atoms with Crippen molar-refractivity contribution in [2.24, 2.45) is 0 Å². The molecular weight excluding hydrogens is 216 g/mol. The number of aromatic nitrogens is 1. The van der Waals surface area contributed by atoms with Gasteiger partial charge in [0, 0.05) is 12.7 Å². The van der Waals surface area contributed by atoms with E-state index in [1.807, 2.05) is 13.0 Å². The number of hydrogen-bond acceptors (Lipinski definition) is 4. The van der Waals surface area contributed by atoms with Gasteiger partial charge in [0.25, 0.3) is 5.91 Å². The molecule has 3 N–H and O–H groups in total. The second kappa shape index (κ2) is 6.28. The lowest BCUT2D eigenvalue weighted by atomic mass is 10.1. The van der Waals surface area contributed by atoms with Gasteiger partial charge in [0.05, 0.1) is 0 Å². The van der Waals surface area contributed by atoms with Crippen molar-refractivity contribution in [3.8, 4) is 6.07 Å². The summed E-state index contributed by atoms with van der Waals surface area (Å²) in [5.41, 5.74) is 6.17. The molecule has 0 aliphatic carbocycles. The maximum atomic E-state index is 11.6. The number of nitrogen functional groups attached to an aromatic ring is 1. The van der Waals surface area contributed by atoms with Crippen LogP contribution >= 0.6 is 0 Å². The Balaban J connectivity index is 2.83. The molecule has 0 aliphatic rings. The van der Waals surface area contributed by atoms with E-state index in [0.29, 0.717) is 17.9 Å². The zero-order valence-electron chi connectivity index (χ0n) is 9.60. The quantitative estimate of drug-likeness (QED) is 0.598. The van der Waals surface area contributed by atoms with Gasteiger partial charge in [-0.05, 0) is 30.2 Å². The Morgan fingerprint density at radius 2 is 2.41 bits per heavy atom. The number of rotatable bonds is 4. The summed E-state index contributed by atoms with van der Waals surface area (Å²) in [4.78, 5) is 15.4. The summed E-state index contributed by atoms with van der Waals surface area (Å²) in [5.74, 6) is 0.0299. The summed E-state index contributed by atoms with van der Waals surface area (Å²) < 4.78 is 0. The van der Waals surface area contributed by atoms with Gasteiger partial charge in [-0.3, -0.25) is 4.79 Å². The van der Waals surface area contributed by atoms with Gasteiger partial charge >= 0.3 is 0 Å². The lowest BCUT2D eigenvalue weighted by Gasteiger charge is -2.01. The van der Waals surface area contributed by atoms with Crippen LogP contribution in [-0.2, 0) is 4.79 Å². The first-order valence-corrected chi connectivity index (χ1v) is 5.29. The number of anilines is 1. The maximum absolute atomic E-state index is 11.6. The van der Waals surface area contributed by atoms with Crippen LogP contribution in [0.15, 0.2) is 23.9 Å². The number of nitrogens with zero attached hydrogens (tertiary/aromatic N) is 2. The summed E-state index contributed by atoms with van der Waals surface area (Å²) in [7, 11) is 0. The van der Waals surface area contributed by atoms with Crippen LogP contribution in [0.3, 0.4) is 0 Å². The number of carbonyl (C=O) groups is 1. The number of nitrogens with two attached hydrogens (primary N) is 1. The number of nitrogens with one attached hydrogen (secondary N) is 1. The molecule has 0 aromatic carbocycles. The fraction of sp³-hybridized carbons (Fsp3) is 0.250. The third kappa shape index (κ3) is 3.95. The van der Waals surface area contributed by atoms with Crippen LogP contribution in [0.1, 0.15) is 18.9 Å². The molecule has 88 valence electrons. The summed E-state index contributed by atoms with van der Waals surface area (Å²) in [6, 6.07) is 5.18. The third-order valence-corrected chi connectivity index (χ3v) is 2.02. The first-order chi connectivity index (χ1) is 8.17. The van der Waals surface area contributed by atoms with Crippen molar-refractivity contribution < 1.29 is 4.79 Å². The monoisotopic (exact) mass is 230 g/mol. The molecule has 0 bridgehead atoms. The molecule has 0 radical (unpaired) electrons. The topological polar surface area (TPSA) is 91.8 Å². The van der Waals surface area contributed by atoms with Gasteiger partial charge in [-0.1, -0.05) is 6.92 Å². The highest BCUT2D eigenvalue weighted by molar-refractivity contribution is 6.01. The van der Waals surface area contributed by atoms with Crippen LogP contribution in [-0.4, -0.2) is 17.4 Å². The van der Waals surface area contributed by atoms with Crippen LogP contribution in [0.5, 0.6) is 0 Å². The van der Waals surface area contributed by atoms with E-state index >= 15 is 0 Å². The van der Waals surface area contributed by atoms with Crippen LogP contribution in [0.4, 0.5) is 5.82 Å². The molecule has 0 fully saturated rings. The van der Waals surface area contributed by atoms with Crippen LogP contribution in [0.2, 0.25) is 0 Å². The second-order valence-electron chi connectivity index (χ2n) is 3.44. The summed E-state index contributed by atoms with van der Waals surface area (Å²) in [6.45, 7) is 2.50. The van der Waals surface area contributed by atoms with Gasteiger partial charge in [-0.15, -0.1) is 0 Å². The number of nitriles is 1. The summed E-state index contributed by atoms with van der Waals surface area (Å²) >= 11 is 0. The summed E-state index contributed by atoms with van der Waals surface area (Å²) in [6.07, 6.45) is 3.82. The number of hydrogen-bond donors (Lipinski definition) is 2. The molecule has 5 heteroatoms. The van der Waals surface area contributed by atoms with E-state index in [9.17, 15) is 4.79 Å². The molecule has 0 aliphatic heterocycles. The fourth-order valence-corrected chi connectivity index (χ4v) is 1.15. The molecule has 0 spiro atoms. The minimum atomic E-state index is -0.369. The Bertz CT molecular complexity index is 456. The molecule has 1 heterocycles. The molecule has 0 saturated heterocycles. The molecule has 1 aromatic heterocycles. The van der Waals surface area contributed by atoms with Crippen LogP contribution in [0.25, 0.3) is 6.08 Å². The molecule has 0 unspecified atom stereocenters. The molecule has 0 atom stereocenters. The van der Waals surface area contributed by atoms with E-state index in [4.69, 9.17) is 11.0 Å². The van der Waals surface area contributed by atoms with E-state index in [2.05, 4.69) is 10.3 Å². The Morgan fingerprint density at radius 3 is 2.94 bits per heavy atom. The van der Waals surface area contributed by atoms with Crippen molar-refractivity contribution in [3.63, 3.8) is 0 Å². The van der Waals surface area contributed by atoms with Gasteiger partial charge in [-0.2, -0.15) is 5.26 Å². The largest absolute Gasteiger partial charge is 0.384 e. The normalized spacial score (nSPS) is 10.7. The van der Waals surface area contributed by atoms with Crippen molar-refractivity contribution in [3.05, 3.63) is 29.5 Å². The van der Waals surface area contributed by atoms with E-state index in [1.165, 1.54) is 12.3 Å². The average molecular weight is 230 g/mol. The van der Waals surface area contributed by atoms with Gasteiger partial charge in [0.1, 0.15) is 17.5 Å². The molecule has 17 heavy (non-hydrogen) atoms. The SMILES string of the molecule is CCCNC(=O)C(C#N)=Cc1ccc(N)nc1. The van der Waals surface area contributed by atoms with E-state index in [1.54, 1.807) is 12.1 Å². The smallest absolute Gasteiger partial charge is 0.261 e. The second-order valence-corrected chi connectivity index (χ2v) is 3.44. The first kappa shape index (κ1) is 12.7. The molecular formula is C12H14N4O. The molecule has 1 rings (SSSR count). The van der Waals surface area contributed by atoms with Crippen molar-refractivity contribution in [2.75, 3.05) is 12.3 Å². The molecule has 0 saturated carbocycles. The number of amides is 1. The lowest BCUT2D eigenvalue weighted by molar-refractivity contribution is -0.117. The van der Waals surface area contributed by atoms with Crippen molar-refractivity contribution in [1.82, 2.24) is 10.3 Å². The predicted molar refractivity (Wildman–Crippen MR) is 65.5 cm³/mol. The first-order valence-electron chi connectivity index (χ1n) is 5.29. The van der Waals surface area contributed by atoms with Gasteiger partial charge < -0.3 is 11.1 Å². The Morgan fingerprint density at radius 1 is 1.65 bits per heavy atom. The highest BCUT2D eigenvalue weighted by Crippen LogP contribution is 2.07. The number of carbonyl (C=O) groups excluding carboxylic acids is 1. The molecule has 1 amide bonds. The van der Waals surface area contributed by atoms with Crippen molar-refractivity contribution >= 4 is 17.8 Å². The Kier molecular flexibility index (Phi) is 4.70. The molecule has 5 nitrogen and oxygen atoms in total. The zero-order chi connectivity index (χ0) is 12.7. The van der Waals surface area contributed by atoms with Crippen LogP contribution in [0, 0.1) is 11.3 Å². The van der Waals surface area contributed by atoms with E-state index in [-0.39, 0.29) is 11.5 Å². The van der Waals surface area contributed by atoms with Gasteiger partial charge in [0.2, 0.25) is 0 Å². The van der Waals surface area contributed by atoms with E-state index < -0.39 is 0 Å². The van der Waals surface area contributed by atoms with E-state index in [0.717, 1.165) is 6.42 Å². The average Bonchev–Trinajstić information content (AvgIpc) is 2.35. The minimum absolute atomic E-state index is 0.0602. The van der Waals surface area contributed by atoms with Crippen molar-refractivity contribution in [1.29, 1.82) is 5.26 Å². The fourth-order valence-electron chi connectivity index (χ4n) is 1.15. The Labute approximate surface area is 100.0 Å². The lowest BCUT2D eigenvalue weighted by Crippen LogP contribution is -2.25. The highest BCUT2D eigenvalue weighted by Gasteiger charge is 2.07. The minimum Gasteiger partial charge on any atom is -0.384 e. The van der Waals surface area contributed by atoms with Crippen molar-refractivity contribution in [2.45, 2.75) is 13.3 Å². The summed E-state index contributed by atoms with van der Waals surface area (Å²) in [5, 5.41) is 11.5. The van der Waals surface area contributed by atoms with Crippen LogP contribution < -0.4 is 11.1 Å². The maximum Gasteiger partial charge on any atom is 0.261 e. The van der Waals surface area contributed by atoms with Gasteiger partial charge in [-0.25, -0.2) is 4.98 Å². The van der Waals surface area contributed by atoms with Gasteiger partial charge in [0.15, 0.2) is 0 Å². The highest BCUT2D eigenvalue weighted by atomic mass is 16.1. The molecule has 1 aromatic rings. The predicted octanol–water partition coefficient (Wildman–Crippen LogP) is 1.10. The third-order valence-electron chi connectivity index (χ3n) is 2.02.